The van der Waals surface area contributed by atoms with E-state index in [2.05, 4.69) is 63.9 Å². The molecule has 0 aromatic heterocycles. The maximum absolute atomic E-state index is 5.97. The van der Waals surface area contributed by atoms with E-state index in [0.29, 0.717) is 12.0 Å². The third-order valence-electron chi connectivity index (χ3n) is 3.23. The van der Waals surface area contributed by atoms with Crippen molar-refractivity contribution in [3.63, 3.8) is 0 Å². The van der Waals surface area contributed by atoms with Gasteiger partial charge in [0.25, 0.3) is 0 Å². The smallest absolute Gasteiger partial charge is 0.188 e. The lowest BCUT2D eigenvalue weighted by Crippen LogP contribution is -2.40. The van der Waals surface area contributed by atoms with Crippen LogP contribution in [0.2, 0.25) is 0 Å². The highest BCUT2D eigenvalue weighted by Crippen LogP contribution is 2.16. The number of rotatable bonds is 9. The van der Waals surface area contributed by atoms with Crippen LogP contribution in [0.25, 0.3) is 0 Å². The zero-order chi connectivity index (χ0) is 15.8. The quantitative estimate of drug-likeness (QED) is 0.505. The van der Waals surface area contributed by atoms with Crippen molar-refractivity contribution in [2.45, 2.75) is 59.9 Å². The average molecular weight is 284 g/mol. The molecule has 0 amide bonds. The normalized spacial score (nSPS) is 14.9. The van der Waals surface area contributed by atoms with Gasteiger partial charge in [0.2, 0.25) is 0 Å². The van der Waals surface area contributed by atoms with Crippen molar-refractivity contribution in [1.82, 2.24) is 10.2 Å². The SMILES string of the molecule is CC(C)CCCC(C)NC(N)=NCC(C)(C)CN(C)C. The molecule has 0 heterocycles. The first kappa shape index (κ1) is 19.2. The molecule has 0 spiro atoms. The summed E-state index contributed by atoms with van der Waals surface area (Å²) < 4.78 is 0. The van der Waals surface area contributed by atoms with E-state index in [9.17, 15) is 0 Å². The van der Waals surface area contributed by atoms with Crippen LogP contribution < -0.4 is 11.1 Å². The monoisotopic (exact) mass is 284 g/mol. The summed E-state index contributed by atoms with van der Waals surface area (Å²) in [5.41, 5.74) is 6.12. The first-order valence-electron chi connectivity index (χ1n) is 7.83. The van der Waals surface area contributed by atoms with Gasteiger partial charge in [0.05, 0.1) is 0 Å². The zero-order valence-electron chi connectivity index (χ0n) is 14.7. The number of aliphatic imine (C=N–C) groups is 1. The molecule has 4 nitrogen and oxygen atoms in total. The molecular weight excluding hydrogens is 248 g/mol. The molecule has 0 aliphatic heterocycles. The second-order valence-corrected chi connectivity index (χ2v) is 7.47. The van der Waals surface area contributed by atoms with Crippen LogP contribution in [0.5, 0.6) is 0 Å². The maximum atomic E-state index is 5.97. The Morgan fingerprint density at radius 2 is 1.80 bits per heavy atom. The van der Waals surface area contributed by atoms with Gasteiger partial charge in [-0.25, -0.2) is 0 Å². The van der Waals surface area contributed by atoms with Crippen molar-refractivity contribution in [3.05, 3.63) is 0 Å². The van der Waals surface area contributed by atoms with Crippen LogP contribution in [0.4, 0.5) is 0 Å². The van der Waals surface area contributed by atoms with E-state index in [-0.39, 0.29) is 5.41 Å². The third-order valence-corrected chi connectivity index (χ3v) is 3.23. The highest BCUT2D eigenvalue weighted by Gasteiger charge is 2.18. The minimum Gasteiger partial charge on any atom is -0.370 e. The van der Waals surface area contributed by atoms with Gasteiger partial charge in [-0.1, -0.05) is 40.5 Å². The fraction of sp³-hybridized carbons (Fsp3) is 0.938. The van der Waals surface area contributed by atoms with Gasteiger partial charge in [-0.2, -0.15) is 0 Å². The number of hydrogen-bond acceptors (Lipinski definition) is 2. The van der Waals surface area contributed by atoms with Gasteiger partial charge in [0, 0.05) is 19.1 Å². The molecule has 1 unspecified atom stereocenters. The van der Waals surface area contributed by atoms with E-state index >= 15 is 0 Å². The lowest BCUT2D eigenvalue weighted by molar-refractivity contribution is 0.249. The molecule has 0 saturated heterocycles. The molecule has 0 bridgehead atoms. The molecule has 0 rings (SSSR count). The van der Waals surface area contributed by atoms with Crippen molar-refractivity contribution in [1.29, 1.82) is 0 Å². The lowest BCUT2D eigenvalue weighted by atomic mass is 9.93. The van der Waals surface area contributed by atoms with E-state index in [0.717, 1.165) is 25.4 Å². The summed E-state index contributed by atoms with van der Waals surface area (Å²) in [6.07, 6.45) is 3.67. The van der Waals surface area contributed by atoms with Crippen LogP contribution in [0.3, 0.4) is 0 Å². The van der Waals surface area contributed by atoms with Crippen LogP contribution in [0.1, 0.15) is 53.9 Å². The molecule has 0 aliphatic carbocycles. The molecule has 1 atom stereocenters. The van der Waals surface area contributed by atoms with Crippen LogP contribution >= 0.6 is 0 Å². The topological polar surface area (TPSA) is 53.6 Å². The Kier molecular flexibility index (Phi) is 8.86. The van der Waals surface area contributed by atoms with Gasteiger partial charge in [-0.3, -0.25) is 4.99 Å². The van der Waals surface area contributed by atoms with Crippen molar-refractivity contribution >= 4 is 5.96 Å². The first-order chi connectivity index (χ1) is 9.12. The number of hydrogen-bond donors (Lipinski definition) is 2. The van der Waals surface area contributed by atoms with E-state index in [1.54, 1.807) is 0 Å². The molecule has 3 N–H and O–H groups in total. The molecule has 0 aliphatic rings. The Morgan fingerprint density at radius 3 is 2.30 bits per heavy atom. The molecule has 0 aromatic carbocycles. The van der Waals surface area contributed by atoms with Crippen molar-refractivity contribution in [2.24, 2.45) is 22.1 Å². The Morgan fingerprint density at radius 1 is 1.20 bits per heavy atom. The molecule has 0 aromatic rings. The van der Waals surface area contributed by atoms with E-state index in [4.69, 9.17) is 5.73 Å². The fourth-order valence-electron chi connectivity index (χ4n) is 2.41. The first-order valence-corrected chi connectivity index (χ1v) is 7.83. The summed E-state index contributed by atoms with van der Waals surface area (Å²) in [6, 6.07) is 0.398. The molecule has 0 radical (unpaired) electrons. The van der Waals surface area contributed by atoms with Crippen LogP contribution in [-0.2, 0) is 0 Å². The fourth-order valence-corrected chi connectivity index (χ4v) is 2.41. The zero-order valence-corrected chi connectivity index (χ0v) is 14.7. The van der Waals surface area contributed by atoms with E-state index in [1.165, 1.54) is 12.8 Å². The predicted molar refractivity (Wildman–Crippen MR) is 90.1 cm³/mol. The minimum absolute atomic E-state index is 0.149. The Labute approximate surface area is 126 Å². The minimum atomic E-state index is 0.149. The van der Waals surface area contributed by atoms with Gasteiger partial charge >= 0.3 is 0 Å². The van der Waals surface area contributed by atoms with E-state index in [1.807, 2.05) is 0 Å². The number of nitrogens with two attached hydrogens (primary N) is 1. The predicted octanol–water partition coefficient (Wildman–Crippen LogP) is 2.69. The highest BCUT2D eigenvalue weighted by atomic mass is 15.1. The molecule has 0 fully saturated rings. The van der Waals surface area contributed by atoms with Gasteiger partial charge in [-0.15, -0.1) is 0 Å². The second-order valence-electron chi connectivity index (χ2n) is 7.47. The number of nitrogens with one attached hydrogen (secondary N) is 1. The maximum Gasteiger partial charge on any atom is 0.188 e. The molecule has 4 heteroatoms. The lowest BCUT2D eigenvalue weighted by Gasteiger charge is -2.26. The van der Waals surface area contributed by atoms with Gasteiger partial charge in [0.1, 0.15) is 0 Å². The van der Waals surface area contributed by atoms with Gasteiger partial charge in [-0.05, 0) is 38.8 Å². The summed E-state index contributed by atoms with van der Waals surface area (Å²) in [5, 5.41) is 3.29. The Bertz CT molecular complexity index is 282. The Hall–Kier alpha value is -0.770. The summed E-state index contributed by atoms with van der Waals surface area (Å²) in [6.45, 7) is 12.9. The summed E-state index contributed by atoms with van der Waals surface area (Å²) >= 11 is 0. The number of guanidine groups is 1. The second kappa shape index (κ2) is 9.22. The molecule has 120 valence electrons. The average Bonchev–Trinajstić information content (AvgIpc) is 2.24. The van der Waals surface area contributed by atoms with Crippen LogP contribution in [0, 0.1) is 11.3 Å². The standard InChI is InChI=1S/C16H36N4/c1-13(2)9-8-10-14(3)19-15(17)18-11-16(4,5)12-20(6)7/h13-14H,8-12H2,1-7H3,(H3,17,18,19). The highest BCUT2D eigenvalue weighted by molar-refractivity contribution is 5.78. The molecular formula is C16H36N4. The van der Waals surface area contributed by atoms with Crippen LogP contribution in [-0.4, -0.2) is 44.1 Å². The third kappa shape index (κ3) is 11.1. The van der Waals surface area contributed by atoms with Gasteiger partial charge < -0.3 is 16.0 Å². The van der Waals surface area contributed by atoms with Crippen molar-refractivity contribution in [2.75, 3.05) is 27.2 Å². The van der Waals surface area contributed by atoms with E-state index < -0.39 is 0 Å². The summed E-state index contributed by atoms with van der Waals surface area (Å²) in [7, 11) is 4.17. The Balaban J connectivity index is 4.06. The molecule has 20 heavy (non-hydrogen) atoms. The largest absolute Gasteiger partial charge is 0.370 e. The summed E-state index contributed by atoms with van der Waals surface area (Å²) in [4.78, 5) is 6.68. The molecule has 0 saturated carbocycles. The van der Waals surface area contributed by atoms with Gasteiger partial charge in [0.15, 0.2) is 5.96 Å². The van der Waals surface area contributed by atoms with Crippen molar-refractivity contribution < 1.29 is 0 Å². The van der Waals surface area contributed by atoms with Crippen molar-refractivity contribution in [3.8, 4) is 0 Å². The van der Waals surface area contributed by atoms with Crippen LogP contribution in [0.15, 0.2) is 4.99 Å². The number of nitrogens with zero attached hydrogens (tertiary/aromatic N) is 2. The summed E-state index contributed by atoms with van der Waals surface area (Å²) in [5.74, 6) is 1.36.